The Morgan fingerprint density at radius 3 is 2.57 bits per heavy atom. The van der Waals surface area contributed by atoms with Gasteiger partial charge < -0.3 is 15.5 Å². The summed E-state index contributed by atoms with van der Waals surface area (Å²) in [6.07, 6.45) is 2.14. The normalized spacial score (nSPS) is 16.1. The highest BCUT2D eigenvalue weighted by molar-refractivity contribution is 5.96. The standard InChI is InChI=1S/C23H26FN3O3/c1-2-16-6-3-4-8-20(16)26-21(28)14-25-22(29)18-7-5-13-27(15-18)23(30)17-9-11-19(24)12-10-17/h3-4,6,8-12,18H,2,5,7,13-15H2,1H3,(H,25,29)(H,26,28). The predicted molar refractivity (Wildman–Crippen MR) is 112 cm³/mol. The van der Waals surface area contributed by atoms with Crippen molar-refractivity contribution in [2.24, 2.45) is 5.92 Å². The molecule has 158 valence electrons. The fourth-order valence-corrected chi connectivity index (χ4v) is 3.61. The number of halogens is 1. The van der Waals surface area contributed by atoms with Crippen LogP contribution in [-0.2, 0) is 16.0 Å². The molecule has 2 aromatic rings. The van der Waals surface area contributed by atoms with Gasteiger partial charge in [-0.15, -0.1) is 0 Å². The van der Waals surface area contributed by atoms with Crippen molar-refractivity contribution < 1.29 is 18.8 Å². The molecule has 1 saturated heterocycles. The van der Waals surface area contributed by atoms with E-state index in [9.17, 15) is 18.8 Å². The van der Waals surface area contributed by atoms with Crippen LogP contribution in [0.1, 0.15) is 35.7 Å². The number of carbonyl (C=O) groups excluding carboxylic acids is 3. The number of likely N-dealkylation sites (tertiary alicyclic amines) is 1. The quantitative estimate of drug-likeness (QED) is 0.767. The molecule has 0 spiro atoms. The van der Waals surface area contributed by atoms with Crippen molar-refractivity contribution in [2.75, 3.05) is 25.0 Å². The molecule has 1 atom stereocenters. The number of carbonyl (C=O) groups is 3. The van der Waals surface area contributed by atoms with E-state index in [4.69, 9.17) is 0 Å². The monoisotopic (exact) mass is 411 g/mol. The molecule has 2 aromatic carbocycles. The minimum atomic E-state index is -0.401. The van der Waals surface area contributed by atoms with Gasteiger partial charge in [-0.05, 0) is 55.2 Å². The van der Waals surface area contributed by atoms with E-state index in [-0.39, 0.29) is 36.7 Å². The predicted octanol–water partition coefficient (Wildman–Crippen LogP) is 3.00. The van der Waals surface area contributed by atoms with Crippen molar-refractivity contribution in [2.45, 2.75) is 26.2 Å². The van der Waals surface area contributed by atoms with Crippen LogP contribution < -0.4 is 10.6 Å². The highest BCUT2D eigenvalue weighted by Gasteiger charge is 2.29. The number of rotatable bonds is 6. The first-order valence-corrected chi connectivity index (χ1v) is 10.2. The topological polar surface area (TPSA) is 78.5 Å². The number of benzene rings is 2. The maximum atomic E-state index is 13.1. The molecule has 3 rings (SSSR count). The smallest absolute Gasteiger partial charge is 0.253 e. The van der Waals surface area contributed by atoms with Crippen LogP contribution in [0.15, 0.2) is 48.5 Å². The van der Waals surface area contributed by atoms with Crippen molar-refractivity contribution in [3.63, 3.8) is 0 Å². The third kappa shape index (κ3) is 5.43. The lowest BCUT2D eigenvalue weighted by Gasteiger charge is -2.32. The Balaban J connectivity index is 1.52. The lowest BCUT2D eigenvalue weighted by atomic mass is 9.96. The molecule has 7 heteroatoms. The molecule has 1 aliphatic heterocycles. The van der Waals surface area contributed by atoms with Crippen molar-refractivity contribution in [3.05, 3.63) is 65.5 Å². The molecule has 0 aromatic heterocycles. The fourth-order valence-electron chi connectivity index (χ4n) is 3.61. The van der Waals surface area contributed by atoms with Gasteiger partial charge in [0.1, 0.15) is 5.82 Å². The van der Waals surface area contributed by atoms with E-state index in [0.29, 0.717) is 24.9 Å². The summed E-state index contributed by atoms with van der Waals surface area (Å²) in [4.78, 5) is 39.0. The highest BCUT2D eigenvalue weighted by atomic mass is 19.1. The molecule has 1 fully saturated rings. The minimum Gasteiger partial charge on any atom is -0.347 e. The van der Waals surface area contributed by atoms with Gasteiger partial charge in [-0.25, -0.2) is 4.39 Å². The van der Waals surface area contributed by atoms with Crippen LogP contribution in [-0.4, -0.2) is 42.3 Å². The Labute approximate surface area is 175 Å². The number of hydrogen-bond acceptors (Lipinski definition) is 3. The summed E-state index contributed by atoms with van der Waals surface area (Å²) >= 11 is 0. The summed E-state index contributed by atoms with van der Waals surface area (Å²) in [6.45, 7) is 2.71. The van der Waals surface area contributed by atoms with Crippen molar-refractivity contribution in [3.8, 4) is 0 Å². The first-order chi connectivity index (χ1) is 14.5. The summed E-state index contributed by atoms with van der Waals surface area (Å²) in [5.74, 6) is -1.53. The summed E-state index contributed by atoms with van der Waals surface area (Å²) < 4.78 is 13.1. The lowest BCUT2D eigenvalue weighted by molar-refractivity contribution is -0.128. The maximum Gasteiger partial charge on any atom is 0.253 e. The number of para-hydroxylation sites is 1. The highest BCUT2D eigenvalue weighted by Crippen LogP contribution is 2.19. The Morgan fingerprint density at radius 2 is 1.83 bits per heavy atom. The zero-order chi connectivity index (χ0) is 21.5. The van der Waals surface area contributed by atoms with Crippen LogP contribution >= 0.6 is 0 Å². The van der Waals surface area contributed by atoms with Gasteiger partial charge in [0.2, 0.25) is 11.8 Å². The summed E-state index contributed by atoms with van der Waals surface area (Å²) in [5, 5.41) is 5.50. The summed E-state index contributed by atoms with van der Waals surface area (Å²) in [7, 11) is 0. The van der Waals surface area contributed by atoms with Crippen molar-refractivity contribution in [1.29, 1.82) is 0 Å². The molecular formula is C23H26FN3O3. The van der Waals surface area contributed by atoms with E-state index >= 15 is 0 Å². The molecule has 0 bridgehead atoms. The molecule has 3 amide bonds. The van der Waals surface area contributed by atoms with Gasteiger partial charge in [0, 0.05) is 24.3 Å². The maximum absolute atomic E-state index is 13.1. The van der Waals surface area contributed by atoms with E-state index in [2.05, 4.69) is 10.6 Å². The minimum absolute atomic E-state index is 0.126. The van der Waals surface area contributed by atoms with Gasteiger partial charge >= 0.3 is 0 Å². The van der Waals surface area contributed by atoms with Crippen LogP contribution in [0, 0.1) is 11.7 Å². The van der Waals surface area contributed by atoms with Crippen molar-refractivity contribution in [1.82, 2.24) is 10.2 Å². The zero-order valence-electron chi connectivity index (χ0n) is 17.0. The summed E-state index contributed by atoms with van der Waals surface area (Å²) in [6, 6.07) is 12.9. The molecule has 0 radical (unpaired) electrons. The van der Waals surface area contributed by atoms with Gasteiger partial charge in [-0.3, -0.25) is 14.4 Å². The van der Waals surface area contributed by atoms with Gasteiger partial charge in [0.25, 0.3) is 5.91 Å². The number of piperidine rings is 1. The Kier molecular flexibility index (Phi) is 7.17. The first-order valence-electron chi connectivity index (χ1n) is 10.2. The average molecular weight is 411 g/mol. The van der Waals surface area contributed by atoms with Crippen LogP contribution in [0.2, 0.25) is 0 Å². The molecule has 1 heterocycles. The molecule has 2 N–H and O–H groups in total. The average Bonchev–Trinajstić information content (AvgIpc) is 2.78. The van der Waals surface area contributed by atoms with E-state index < -0.39 is 5.82 Å². The number of aryl methyl sites for hydroxylation is 1. The molecule has 1 unspecified atom stereocenters. The second kappa shape index (κ2) is 10.0. The van der Waals surface area contributed by atoms with Crippen LogP contribution in [0.4, 0.5) is 10.1 Å². The van der Waals surface area contributed by atoms with Gasteiger partial charge in [-0.1, -0.05) is 25.1 Å². The third-order valence-corrected chi connectivity index (χ3v) is 5.27. The molecule has 30 heavy (non-hydrogen) atoms. The second-order valence-electron chi connectivity index (χ2n) is 7.37. The Hall–Kier alpha value is -3.22. The van der Waals surface area contributed by atoms with Gasteiger partial charge in [0.15, 0.2) is 0 Å². The molecule has 0 aliphatic carbocycles. The number of nitrogens with zero attached hydrogens (tertiary/aromatic N) is 1. The second-order valence-corrected chi connectivity index (χ2v) is 7.37. The first kappa shape index (κ1) is 21.5. The van der Waals surface area contributed by atoms with Gasteiger partial charge in [-0.2, -0.15) is 0 Å². The largest absolute Gasteiger partial charge is 0.347 e. The Morgan fingerprint density at radius 1 is 1.10 bits per heavy atom. The molecule has 6 nitrogen and oxygen atoms in total. The Bertz CT molecular complexity index is 914. The lowest BCUT2D eigenvalue weighted by Crippen LogP contribution is -2.46. The SMILES string of the molecule is CCc1ccccc1NC(=O)CNC(=O)C1CCCN(C(=O)c2ccc(F)cc2)C1. The van der Waals surface area contributed by atoms with E-state index in [0.717, 1.165) is 17.7 Å². The van der Waals surface area contributed by atoms with Crippen molar-refractivity contribution >= 4 is 23.4 Å². The number of amides is 3. The molecule has 0 saturated carbocycles. The van der Waals surface area contributed by atoms with Crippen LogP contribution in [0.25, 0.3) is 0 Å². The number of nitrogens with one attached hydrogen (secondary N) is 2. The number of hydrogen-bond donors (Lipinski definition) is 2. The fraction of sp³-hybridized carbons (Fsp3) is 0.348. The third-order valence-electron chi connectivity index (χ3n) is 5.27. The number of anilines is 1. The summed E-state index contributed by atoms with van der Waals surface area (Å²) in [5.41, 5.74) is 2.17. The van der Waals surface area contributed by atoms with E-state index in [1.54, 1.807) is 4.90 Å². The van der Waals surface area contributed by atoms with Crippen LogP contribution in [0.3, 0.4) is 0 Å². The van der Waals surface area contributed by atoms with Gasteiger partial charge in [0.05, 0.1) is 12.5 Å². The van der Waals surface area contributed by atoms with Crippen LogP contribution in [0.5, 0.6) is 0 Å². The molecule has 1 aliphatic rings. The molecular weight excluding hydrogens is 385 g/mol. The zero-order valence-corrected chi connectivity index (χ0v) is 17.0. The van der Waals surface area contributed by atoms with E-state index in [1.165, 1.54) is 24.3 Å². The van der Waals surface area contributed by atoms with E-state index in [1.807, 2.05) is 31.2 Å².